The quantitative estimate of drug-likeness (QED) is 0.724. The number of anilines is 1. The first kappa shape index (κ1) is 13.0. The number of aromatic nitrogens is 2. The van der Waals surface area contributed by atoms with E-state index in [9.17, 15) is 4.79 Å². The normalized spacial score (nSPS) is 11.6. The third kappa shape index (κ3) is 3.75. The van der Waals surface area contributed by atoms with Gasteiger partial charge >= 0.3 is 5.97 Å². The monoisotopic (exact) mass is 237 g/mol. The van der Waals surface area contributed by atoms with Crippen molar-refractivity contribution in [3.63, 3.8) is 0 Å². The second kappa shape index (κ2) is 5.83. The molecule has 6 heteroatoms. The molecular formula is C11H15N3O3. The number of nitrogens with zero attached hydrogens (tertiary/aromatic N) is 2. The summed E-state index contributed by atoms with van der Waals surface area (Å²) in [5.41, 5.74) is 0.696. The average Bonchev–Trinajstić information content (AvgIpc) is 2.27. The maximum absolute atomic E-state index is 10.9. The van der Waals surface area contributed by atoms with Crippen molar-refractivity contribution >= 4 is 11.9 Å². The Hall–Kier alpha value is -2.11. The zero-order chi connectivity index (χ0) is 12.8. The van der Waals surface area contributed by atoms with Gasteiger partial charge in [0.25, 0.3) is 0 Å². The van der Waals surface area contributed by atoms with Crippen molar-refractivity contribution in [1.82, 2.24) is 9.97 Å². The van der Waals surface area contributed by atoms with E-state index in [2.05, 4.69) is 21.9 Å². The van der Waals surface area contributed by atoms with Gasteiger partial charge in [0.2, 0.25) is 11.8 Å². The molecule has 1 aromatic heterocycles. The summed E-state index contributed by atoms with van der Waals surface area (Å²) in [5, 5.41) is 11.7. The number of nitrogens with one attached hydrogen (secondary N) is 1. The Balaban J connectivity index is 2.88. The highest BCUT2D eigenvalue weighted by Crippen LogP contribution is 2.12. The Morgan fingerprint density at radius 2 is 2.41 bits per heavy atom. The topological polar surface area (TPSA) is 84.3 Å². The summed E-state index contributed by atoms with van der Waals surface area (Å²) in [7, 11) is 1.49. The first-order valence-electron chi connectivity index (χ1n) is 5.06. The van der Waals surface area contributed by atoms with Crippen LogP contribution in [0, 0.1) is 6.92 Å². The molecule has 1 unspecified atom stereocenters. The number of carboxylic acids is 1. The van der Waals surface area contributed by atoms with E-state index in [0.717, 1.165) is 0 Å². The van der Waals surface area contributed by atoms with Crippen molar-refractivity contribution in [2.45, 2.75) is 19.4 Å². The SMILES string of the molecule is C=CCC(Nc1nc(C)cc(OC)n1)C(=O)O. The van der Waals surface area contributed by atoms with Gasteiger partial charge in [0, 0.05) is 11.8 Å². The minimum absolute atomic E-state index is 0.233. The van der Waals surface area contributed by atoms with Gasteiger partial charge in [0.15, 0.2) is 0 Å². The van der Waals surface area contributed by atoms with Gasteiger partial charge in [0.1, 0.15) is 6.04 Å². The molecular weight excluding hydrogens is 222 g/mol. The van der Waals surface area contributed by atoms with Crippen molar-refractivity contribution < 1.29 is 14.6 Å². The lowest BCUT2D eigenvalue weighted by molar-refractivity contribution is -0.137. The fraction of sp³-hybridized carbons (Fsp3) is 0.364. The van der Waals surface area contributed by atoms with Crippen LogP contribution in [-0.4, -0.2) is 34.2 Å². The maximum Gasteiger partial charge on any atom is 0.326 e. The molecule has 1 rings (SSSR count). The Morgan fingerprint density at radius 1 is 1.71 bits per heavy atom. The molecule has 0 bridgehead atoms. The van der Waals surface area contributed by atoms with E-state index >= 15 is 0 Å². The fourth-order valence-electron chi connectivity index (χ4n) is 1.25. The van der Waals surface area contributed by atoms with Crippen LogP contribution in [0.25, 0.3) is 0 Å². The standard InChI is InChI=1S/C11H15N3O3/c1-4-5-8(10(15)16)13-11-12-7(2)6-9(14-11)17-3/h4,6,8H,1,5H2,2-3H3,(H,15,16)(H,12,13,14). The smallest absolute Gasteiger partial charge is 0.326 e. The molecule has 92 valence electrons. The van der Waals surface area contributed by atoms with Crippen LogP contribution in [0.1, 0.15) is 12.1 Å². The lowest BCUT2D eigenvalue weighted by Gasteiger charge is -2.13. The second-order valence-corrected chi connectivity index (χ2v) is 3.43. The molecule has 0 spiro atoms. The molecule has 2 N–H and O–H groups in total. The minimum atomic E-state index is -0.978. The van der Waals surface area contributed by atoms with E-state index in [1.54, 1.807) is 13.0 Å². The Morgan fingerprint density at radius 3 is 2.94 bits per heavy atom. The third-order valence-electron chi connectivity index (χ3n) is 2.04. The zero-order valence-corrected chi connectivity index (χ0v) is 9.80. The molecule has 0 amide bonds. The summed E-state index contributed by atoms with van der Waals surface area (Å²) in [5.74, 6) is -0.354. The lowest BCUT2D eigenvalue weighted by Crippen LogP contribution is -2.29. The highest BCUT2D eigenvalue weighted by atomic mass is 16.5. The van der Waals surface area contributed by atoms with Gasteiger partial charge in [-0.2, -0.15) is 4.98 Å². The highest BCUT2D eigenvalue weighted by molar-refractivity contribution is 5.76. The molecule has 6 nitrogen and oxygen atoms in total. The molecule has 0 saturated heterocycles. The van der Waals surface area contributed by atoms with Gasteiger partial charge in [-0.25, -0.2) is 9.78 Å². The van der Waals surface area contributed by atoms with Crippen LogP contribution in [0.15, 0.2) is 18.7 Å². The van der Waals surface area contributed by atoms with E-state index in [4.69, 9.17) is 9.84 Å². The summed E-state index contributed by atoms with van der Waals surface area (Å²) in [6, 6.07) is 0.869. The van der Waals surface area contributed by atoms with E-state index in [-0.39, 0.29) is 12.4 Å². The van der Waals surface area contributed by atoms with Crippen LogP contribution in [0.2, 0.25) is 0 Å². The maximum atomic E-state index is 10.9. The van der Waals surface area contributed by atoms with Crippen LogP contribution in [-0.2, 0) is 4.79 Å². The third-order valence-corrected chi connectivity index (χ3v) is 2.04. The van der Waals surface area contributed by atoms with Crippen molar-refractivity contribution in [1.29, 1.82) is 0 Å². The van der Waals surface area contributed by atoms with Crippen molar-refractivity contribution in [2.24, 2.45) is 0 Å². The van der Waals surface area contributed by atoms with Crippen LogP contribution >= 0.6 is 0 Å². The number of ether oxygens (including phenoxy) is 1. The van der Waals surface area contributed by atoms with E-state index in [0.29, 0.717) is 11.6 Å². The molecule has 0 aliphatic heterocycles. The molecule has 1 aromatic rings. The summed E-state index contributed by atoms with van der Waals surface area (Å²) in [6.07, 6.45) is 1.81. The van der Waals surface area contributed by atoms with E-state index < -0.39 is 12.0 Å². The van der Waals surface area contributed by atoms with Crippen LogP contribution in [0.3, 0.4) is 0 Å². The molecule has 0 aromatic carbocycles. The first-order valence-corrected chi connectivity index (χ1v) is 5.06. The van der Waals surface area contributed by atoms with Crippen molar-refractivity contribution in [2.75, 3.05) is 12.4 Å². The number of carboxylic acid groups (broad SMARTS) is 1. The number of methoxy groups -OCH3 is 1. The van der Waals surface area contributed by atoms with Crippen LogP contribution < -0.4 is 10.1 Å². The zero-order valence-electron chi connectivity index (χ0n) is 9.80. The van der Waals surface area contributed by atoms with Crippen molar-refractivity contribution in [3.8, 4) is 5.88 Å². The molecule has 0 radical (unpaired) electrons. The van der Waals surface area contributed by atoms with E-state index in [1.807, 2.05) is 0 Å². The molecule has 0 aliphatic rings. The van der Waals surface area contributed by atoms with Crippen molar-refractivity contribution in [3.05, 3.63) is 24.4 Å². The molecule has 0 saturated carbocycles. The number of hydrogen-bond acceptors (Lipinski definition) is 5. The number of rotatable bonds is 6. The molecule has 0 aliphatic carbocycles. The summed E-state index contributed by atoms with van der Waals surface area (Å²) < 4.78 is 4.98. The predicted molar refractivity (Wildman–Crippen MR) is 63.2 cm³/mol. The molecule has 17 heavy (non-hydrogen) atoms. The minimum Gasteiger partial charge on any atom is -0.481 e. The first-order chi connectivity index (χ1) is 8.06. The average molecular weight is 237 g/mol. The lowest BCUT2D eigenvalue weighted by atomic mass is 10.2. The Kier molecular flexibility index (Phi) is 4.45. The molecule has 1 atom stereocenters. The number of hydrogen-bond donors (Lipinski definition) is 2. The van der Waals surface area contributed by atoms with Gasteiger partial charge in [-0.15, -0.1) is 6.58 Å². The number of carbonyl (C=O) groups is 1. The predicted octanol–water partition coefficient (Wildman–Crippen LogP) is 1.23. The second-order valence-electron chi connectivity index (χ2n) is 3.43. The molecule has 1 heterocycles. The number of aryl methyl sites for hydroxylation is 1. The van der Waals surface area contributed by atoms with E-state index in [1.165, 1.54) is 13.2 Å². The Bertz CT molecular complexity index is 420. The Labute approximate surface area is 99.4 Å². The highest BCUT2D eigenvalue weighted by Gasteiger charge is 2.17. The van der Waals surface area contributed by atoms with Gasteiger partial charge in [-0.3, -0.25) is 0 Å². The summed E-state index contributed by atoms with van der Waals surface area (Å²) >= 11 is 0. The van der Waals surface area contributed by atoms with Gasteiger partial charge in [-0.05, 0) is 13.3 Å². The number of aliphatic carboxylic acids is 1. The molecule has 0 fully saturated rings. The van der Waals surface area contributed by atoms with Gasteiger partial charge < -0.3 is 15.2 Å². The summed E-state index contributed by atoms with van der Waals surface area (Å²) in [6.45, 7) is 5.28. The van der Waals surface area contributed by atoms with Crippen LogP contribution in [0.4, 0.5) is 5.95 Å². The summed E-state index contributed by atoms with van der Waals surface area (Å²) in [4.78, 5) is 19.0. The fourth-order valence-corrected chi connectivity index (χ4v) is 1.25. The van der Waals surface area contributed by atoms with Gasteiger partial charge in [-0.1, -0.05) is 6.08 Å². The van der Waals surface area contributed by atoms with Gasteiger partial charge in [0.05, 0.1) is 7.11 Å². The van der Waals surface area contributed by atoms with Crippen LogP contribution in [0.5, 0.6) is 5.88 Å². The largest absolute Gasteiger partial charge is 0.481 e.